The van der Waals surface area contributed by atoms with Crippen LogP contribution in [-0.2, 0) is 0 Å². The molecule has 1 saturated heterocycles. The fourth-order valence-corrected chi connectivity index (χ4v) is 3.70. The van der Waals surface area contributed by atoms with Crippen molar-refractivity contribution in [1.82, 2.24) is 9.78 Å². The average Bonchev–Trinajstić information content (AvgIpc) is 2.94. The highest BCUT2D eigenvalue weighted by atomic mass is 32.2. The number of thioether (sulfide) groups is 1. The van der Waals surface area contributed by atoms with Crippen LogP contribution in [0.1, 0.15) is 28.8 Å². The molecule has 0 saturated carbocycles. The summed E-state index contributed by atoms with van der Waals surface area (Å²) in [5, 5.41) is 7.93. The first kappa shape index (κ1) is 15.0. The molecule has 1 aliphatic heterocycles. The van der Waals surface area contributed by atoms with Gasteiger partial charge in [0.15, 0.2) is 0 Å². The van der Waals surface area contributed by atoms with E-state index in [9.17, 15) is 4.79 Å². The lowest BCUT2D eigenvalue weighted by Gasteiger charge is -2.25. The van der Waals surface area contributed by atoms with Gasteiger partial charge in [-0.2, -0.15) is 16.9 Å². The predicted molar refractivity (Wildman–Crippen MR) is 90.8 cm³/mol. The quantitative estimate of drug-likeness (QED) is 0.909. The normalized spacial score (nSPS) is 18.1. The maximum atomic E-state index is 11.5. The number of amides is 1. The summed E-state index contributed by atoms with van der Waals surface area (Å²) < 4.78 is 1.83. The number of benzene rings is 1. The monoisotopic (exact) mass is 316 g/mol. The number of aryl methyl sites for hydroxylation is 1. The summed E-state index contributed by atoms with van der Waals surface area (Å²) in [6.45, 7) is 2.01. The molecular weight excluding hydrogens is 296 g/mol. The van der Waals surface area contributed by atoms with Gasteiger partial charge in [-0.15, -0.1) is 0 Å². The van der Waals surface area contributed by atoms with Gasteiger partial charge in [-0.3, -0.25) is 4.79 Å². The van der Waals surface area contributed by atoms with Crippen molar-refractivity contribution in [2.75, 3.05) is 16.8 Å². The van der Waals surface area contributed by atoms with Gasteiger partial charge in [0, 0.05) is 23.6 Å². The van der Waals surface area contributed by atoms with Crippen molar-refractivity contribution >= 4 is 23.4 Å². The van der Waals surface area contributed by atoms with E-state index in [1.807, 2.05) is 47.9 Å². The predicted octanol–water partition coefficient (Wildman–Crippen LogP) is 2.59. The van der Waals surface area contributed by atoms with E-state index < -0.39 is 5.91 Å². The number of nitrogens with one attached hydrogen (secondary N) is 1. The Hall–Kier alpha value is -1.95. The fourth-order valence-electron chi connectivity index (χ4n) is 2.62. The summed E-state index contributed by atoms with van der Waals surface area (Å²) in [7, 11) is 0. The van der Waals surface area contributed by atoms with Crippen molar-refractivity contribution in [3.63, 3.8) is 0 Å². The second kappa shape index (κ2) is 6.44. The molecule has 1 aliphatic rings. The van der Waals surface area contributed by atoms with Crippen LogP contribution in [0.15, 0.2) is 30.6 Å². The second-order valence-corrected chi connectivity index (χ2v) is 6.77. The Morgan fingerprint density at radius 3 is 3.00 bits per heavy atom. The highest BCUT2D eigenvalue weighted by Gasteiger charge is 2.17. The minimum atomic E-state index is -0.413. The topological polar surface area (TPSA) is 72.9 Å². The van der Waals surface area contributed by atoms with Crippen LogP contribution in [-0.4, -0.2) is 33.2 Å². The molecule has 5 nitrogen and oxygen atoms in total. The van der Waals surface area contributed by atoms with Crippen molar-refractivity contribution < 1.29 is 4.79 Å². The Morgan fingerprint density at radius 1 is 1.50 bits per heavy atom. The zero-order chi connectivity index (χ0) is 15.5. The largest absolute Gasteiger partial charge is 0.380 e. The summed E-state index contributed by atoms with van der Waals surface area (Å²) in [6, 6.07) is 5.88. The van der Waals surface area contributed by atoms with Crippen LogP contribution in [0.4, 0.5) is 5.69 Å². The molecule has 2 heterocycles. The molecule has 1 fully saturated rings. The molecule has 1 aromatic heterocycles. The van der Waals surface area contributed by atoms with Gasteiger partial charge in [-0.25, -0.2) is 4.68 Å². The number of nitrogens with two attached hydrogens (primary N) is 1. The number of hydrogen-bond acceptors (Lipinski definition) is 4. The van der Waals surface area contributed by atoms with Gasteiger partial charge in [0.1, 0.15) is 0 Å². The first-order chi connectivity index (χ1) is 10.6. The lowest BCUT2D eigenvalue weighted by Crippen LogP contribution is -2.26. The highest BCUT2D eigenvalue weighted by Crippen LogP contribution is 2.26. The Morgan fingerprint density at radius 2 is 2.36 bits per heavy atom. The fraction of sp³-hybridized carbons (Fsp3) is 0.375. The van der Waals surface area contributed by atoms with Gasteiger partial charge in [-0.05, 0) is 49.3 Å². The molecule has 22 heavy (non-hydrogen) atoms. The molecule has 0 bridgehead atoms. The third kappa shape index (κ3) is 3.27. The molecule has 6 heteroatoms. The maximum absolute atomic E-state index is 11.5. The minimum Gasteiger partial charge on any atom is -0.380 e. The average molecular weight is 316 g/mol. The number of carbonyl (C=O) groups is 1. The molecular formula is C16H20N4OS. The van der Waals surface area contributed by atoms with Crippen LogP contribution in [0.25, 0.3) is 5.69 Å². The third-order valence-electron chi connectivity index (χ3n) is 3.76. The summed E-state index contributed by atoms with van der Waals surface area (Å²) in [6.07, 6.45) is 6.15. The number of nitrogens with zero attached hydrogens (tertiary/aromatic N) is 2. The standard InChI is InChI=1S/C16H20N4OS/c1-11-8-18-20(9-11)15-5-4-12(16(17)21)7-14(15)19-13-3-2-6-22-10-13/h4-5,7-9,13,19H,2-3,6,10H2,1H3,(H2,17,21). The van der Waals surface area contributed by atoms with Crippen LogP contribution >= 0.6 is 11.8 Å². The van der Waals surface area contributed by atoms with E-state index in [1.54, 1.807) is 6.07 Å². The van der Waals surface area contributed by atoms with Crippen LogP contribution in [0.5, 0.6) is 0 Å². The summed E-state index contributed by atoms with van der Waals surface area (Å²) in [5.41, 5.74) is 8.87. The van der Waals surface area contributed by atoms with Crippen molar-refractivity contribution in [2.24, 2.45) is 5.73 Å². The number of carbonyl (C=O) groups excluding carboxylic acids is 1. The number of primary amides is 1. The lowest BCUT2D eigenvalue weighted by molar-refractivity contribution is 0.100. The Bertz CT molecular complexity index is 677. The van der Waals surface area contributed by atoms with Gasteiger partial charge in [0.05, 0.1) is 17.6 Å². The van der Waals surface area contributed by atoms with Crippen LogP contribution in [0.2, 0.25) is 0 Å². The zero-order valence-electron chi connectivity index (χ0n) is 12.6. The molecule has 0 spiro atoms. The molecule has 1 amide bonds. The third-order valence-corrected chi connectivity index (χ3v) is 4.97. The van der Waals surface area contributed by atoms with Gasteiger partial charge >= 0.3 is 0 Å². The molecule has 2 aromatic rings. The summed E-state index contributed by atoms with van der Waals surface area (Å²) >= 11 is 1.96. The smallest absolute Gasteiger partial charge is 0.248 e. The Balaban J connectivity index is 1.95. The van der Waals surface area contributed by atoms with E-state index in [-0.39, 0.29) is 0 Å². The molecule has 3 N–H and O–H groups in total. The minimum absolute atomic E-state index is 0.413. The van der Waals surface area contributed by atoms with E-state index in [0.717, 1.165) is 29.1 Å². The number of rotatable bonds is 4. The van der Waals surface area contributed by atoms with E-state index in [1.165, 1.54) is 12.2 Å². The highest BCUT2D eigenvalue weighted by molar-refractivity contribution is 7.99. The number of anilines is 1. The maximum Gasteiger partial charge on any atom is 0.248 e. The zero-order valence-corrected chi connectivity index (χ0v) is 13.4. The molecule has 0 aliphatic carbocycles. The second-order valence-electron chi connectivity index (χ2n) is 5.62. The lowest BCUT2D eigenvalue weighted by atomic mass is 10.1. The van der Waals surface area contributed by atoms with E-state index in [4.69, 9.17) is 5.73 Å². The molecule has 116 valence electrons. The Labute approximate surface area is 134 Å². The van der Waals surface area contributed by atoms with Crippen molar-refractivity contribution in [3.05, 3.63) is 41.7 Å². The van der Waals surface area contributed by atoms with Gasteiger partial charge < -0.3 is 11.1 Å². The van der Waals surface area contributed by atoms with Crippen LogP contribution in [0.3, 0.4) is 0 Å². The molecule has 3 rings (SSSR count). The molecule has 1 atom stereocenters. The summed E-state index contributed by atoms with van der Waals surface area (Å²) in [4.78, 5) is 11.5. The number of hydrogen-bond donors (Lipinski definition) is 2. The first-order valence-electron chi connectivity index (χ1n) is 7.43. The van der Waals surface area contributed by atoms with Crippen molar-refractivity contribution in [3.8, 4) is 5.69 Å². The van der Waals surface area contributed by atoms with Gasteiger partial charge in [0.25, 0.3) is 0 Å². The summed E-state index contributed by atoms with van der Waals surface area (Å²) in [5.74, 6) is 1.90. The SMILES string of the molecule is Cc1cnn(-c2ccc(C(N)=O)cc2NC2CCCSC2)c1. The van der Waals surface area contributed by atoms with Crippen molar-refractivity contribution in [2.45, 2.75) is 25.8 Å². The number of aromatic nitrogens is 2. The van der Waals surface area contributed by atoms with E-state index in [2.05, 4.69) is 10.4 Å². The van der Waals surface area contributed by atoms with Crippen LogP contribution < -0.4 is 11.1 Å². The first-order valence-corrected chi connectivity index (χ1v) is 8.59. The van der Waals surface area contributed by atoms with Gasteiger partial charge in [0.2, 0.25) is 5.91 Å². The molecule has 0 radical (unpaired) electrons. The molecule has 1 aromatic carbocycles. The van der Waals surface area contributed by atoms with E-state index in [0.29, 0.717) is 11.6 Å². The van der Waals surface area contributed by atoms with Crippen LogP contribution in [0, 0.1) is 6.92 Å². The van der Waals surface area contributed by atoms with Crippen molar-refractivity contribution in [1.29, 1.82) is 0 Å². The molecule has 1 unspecified atom stereocenters. The van der Waals surface area contributed by atoms with Gasteiger partial charge in [-0.1, -0.05) is 0 Å². The Kier molecular flexibility index (Phi) is 4.38. The van der Waals surface area contributed by atoms with E-state index >= 15 is 0 Å².